The van der Waals surface area contributed by atoms with Crippen molar-refractivity contribution in [3.8, 4) is 11.5 Å². The largest absolute Gasteiger partial charge is 0.493 e. The number of para-hydroxylation sites is 2. The summed E-state index contributed by atoms with van der Waals surface area (Å²) in [6.07, 6.45) is -0.553. The Morgan fingerprint density at radius 2 is 1.84 bits per heavy atom. The highest BCUT2D eigenvalue weighted by Crippen LogP contribution is 2.33. The molecule has 0 unspecified atom stereocenters. The lowest BCUT2D eigenvalue weighted by molar-refractivity contribution is -0.118. The number of ether oxygens (including phenoxy) is 2. The average Bonchev–Trinajstić information content (AvgIpc) is 3.46. The van der Waals surface area contributed by atoms with Crippen molar-refractivity contribution in [3.05, 3.63) is 104 Å². The Morgan fingerprint density at radius 1 is 1.09 bits per heavy atom. The zero-order valence-corrected chi connectivity index (χ0v) is 26.1. The van der Waals surface area contributed by atoms with Crippen LogP contribution in [0.1, 0.15) is 22.5 Å². The molecule has 2 amide bonds. The molecule has 224 valence electrons. The van der Waals surface area contributed by atoms with Crippen molar-refractivity contribution in [2.75, 3.05) is 20.3 Å². The summed E-state index contributed by atoms with van der Waals surface area (Å²) in [6.45, 7) is -0.0866. The quantitative estimate of drug-likeness (QED) is 0.199. The molecule has 3 atom stereocenters. The number of amides is 2. The maximum absolute atomic E-state index is 14.3. The van der Waals surface area contributed by atoms with E-state index in [0.717, 1.165) is 9.13 Å². The van der Waals surface area contributed by atoms with Gasteiger partial charge in [0.05, 0.1) is 23.3 Å². The zero-order valence-electron chi connectivity index (χ0n) is 23.2. The first kappa shape index (κ1) is 30.9. The molecular weight excluding hydrogens is 687 g/mol. The van der Waals surface area contributed by atoms with Gasteiger partial charge in [0.1, 0.15) is 18.0 Å². The maximum Gasteiger partial charge on any atom is 0.290 e. The number of hydrogen-bond acceptors (Lipinski definition) is 7. The minimum Gasteiger partial charge on any atom is -0.493 e. The number of furan rings is 1. The van der Waals surface area contributed by atoms with Gasteiger partial charge in [-0.1, -0.05) is 48.0 Å². The Balaban J connectivity index is 1.56. The van der Waals surface area contributed by atoms with Gasteiger partial charge in [0.25, 0.3) is 5.91 Å². The van der Waals surface area contributed by atoms with Crippen molar-refractivity contribution in [2.45, 2.75) is 31.2 Å². The zero-order chi connectivity index (χ0) is 30.5. The number of fused-ring (bicyclic) bond motifs is 1. The van der Waals surface area contributed by atoms with Gasteiger partial charge in [0.2, 0.25) is 5.91 Å². The molecule has 0 saturated heterocycles. The molecule has 1 aliphatic rings. The summed E-state index contributed by atoms with van der Waals surface area (Å²) in [5, 5.41) is 24.9. The van der Waals surface area contributed by atoms with E-state index in [1.54, 1.807) is 54.6 Å². The van der Waals surface area contributed by atoms with Gasteiger partial charge in [0.15, 0.2) is 17.1 Å². The van der Waals surface area contributed by atoms with E-state index < -0.39 is 30.1 Å². The molecule has 0 bridgehead atoms. The third-order valence-corrected chi connectivity index (χ3v) is 8.32. The Hall–Kier alpha value is -3.58. The Morgan fingerprint density at radius 3 is 2.56 bits per heavy atom. The van der Waals surface area contributed by atoms with Crippen molar-refractivity contribution < 1.29 is 33.7 Å². The minimum absolute atomic E-state index is 0.0348. The Labute approximate surface area is 267 Å². The van der Waals surface area contributed by atoms with Crippen LogP contribution >= 0.6 is 34.2 Å². The summed E-state index contributed by atoms with van der Waals surface area (Å²) in [6, 6.07) is 20.5. The van der Waals surface area contributed by atoms with Crippen molar-refractivity contribution in [3.63, 3.8) is 0 Å². The van der Waals surface area contributed by atoms with Crippen LogP contribution in [-0.4, -0.2) is 65.4 Å². The predicted octanol–water partition coefficient (Wildman–Crippen LogP) is 4.96. The van der Waals surface area contributed by atoms with Crippen molar-refractivity contribution >= 4 is 57.0 Å². The first-order valence-electron chi connectivity index (χ1n) is 13.6. The number of rotatable bonds is 10. The van der Waals surface area contributed by atoms with Crippen LogP contribution in [0.15, 0.2) is 88.9 Å². The lowest BCUT2D eigenvalue weighted by Gasteiger charge is -2.40. The van der Waals surface area contributed by atoms with Gasteiger partial charge >= 0.3 is 0 Å². The lowest BCUT2D eigenvalue weighted by atomic mass is 9.87. The highest BCUT2D eigenvalue weighted by molar-refractivity contribution is 14.1. The number of carbonyl (C=O) groups excluding carboxylic acids is 2. The van der Waals surface area contributed by atoms with Crippen LogP contribution in [0, 0.1) is 3.57 Å². The molecule has 0 saturated carbocycles. The van der Waals surface area contributed by atoms with Gasteiger partial charge < -0.3 is 34.3 Å². The van der Waals surface area contributed by atoms with Crippen LogP contribution in [0.25, 0.3) is 11.0 Å². The molecule has 0 spiro atoms. The smallest absolute Gasteiger partial charge is 0.290 e. The second kappa shape index (κ2) is 13.8. The Kier molecular flexibility index (Phi) is 9.91. The molecule has 43 heavy (non-hydrogen) atoms. The van der Waals surface area contributed by atoms with E-state index in [2.05, 4.69) is 27.9 Å². The highest BCUT2D eigenvalue weighted by Gasteiger charge is 2.41. The van der Waals surface area contributed by atoms with Crippen LogP contribution in [0.4, 0.5) is 0 Å². The molecule has 3 N–H and O–H groups in total. The van der Waals surface area contributed by atoms with Crippen LogP contribution in [0.2, 0.25) is 5.02 Å². The number of carbonyl (C=O) groups is 2. The van der Waals surface area contributed by atoms with E-state index in [9.17, 15) is 19.8 Å². The molecule has 0 fully saturated rings. The maximum atomic E-state index is 14.3. The monoisotopic (exact) mass is 716 g/mol. The number of aliphatic hydroxyl groups is 2. The summed E-state index contributed by atoms with van der Waals surface area (Å²) in [5.74, 6) is 0.155. The highest BCUT2D eigenvalue weighted by atomic mass is 127. The third-order valence-electron chi connectivity index (χ3n) is 7.18. The topological polar surface area (TPSA) is 121 Å². The molecule has 0 radical (unpaired) electrons. The number of methoxy groups -OCH3 is 1. The molecule has 1 heterocycles. The van der Waals surface area contributed by atoms with E-state index in [1.807, 2.05) is 24.3 Å². The lowest BCUT2D eigenvalue weighted by Crippen LogP contribution is -2.54. The van der Waals surface area contributed by atoms with Crippen molar-refractivity contribution in [1.82, 2.24) is 10.2 Å². The van der Waals surface area contributed by atoms with Crippen LogP contribution in [0.3, 0.4) is 0 Å². The second-order valence-electron chi connectivity index (χ2n) is 10.00. The van der Waals surface area contributed by atoms with Crippen LogP contribution in [0.5, 0.6) is 11.5 Å². The number of nitrogens with zero attached hydrogens (tertiary/aromatic N) is 1. The molecule has 11 heteroatoms. The fourth-order valence-electron chi connectivity index (χ4n) is 5.04. The number of benzene rings is 3. The predicted molar refractivity (Wildman–Crippen MR) is 170 cm³/mol. The normalized spacial score (nSPS) is 18.2. The van der Waals surface area contributed by atoms with Gasteiger partial charge in [0, 0.05) is 35.5 Å². The summed E-state index contributed by atoms with van der Waals surface area (Å²) in [7, 11) is 1.52. The van der Waals surface area contributed by atoms with E-state index in [0.29, 0.717) is 33.1 Å². The summed E-state index contributed by atoms with van der Waals surface area (Å²) in [5.41, 5.74) is 1.50. The van der Waals surface area contributed by atoms with E-state index in [1.165, 1.54) is 12.0 Å². The number of hydrogen-bond donors (Lipinski definition) is 3. The number of aliphatic hydroxyl groups excluding tert-OH is 2. The van der Waals surface area contributed by atoms with Crippen LogP contribution in [-0.2, 0) is 11.3 Å². The third kappa shape index (κ3) is 6.98. The summed E-state index contributed by atoms with van der Waals surface area (Å²) in [4.78, 5) is 28.9. The fraction of sp³-hybridized carbons (Fsp3) is 0.250. The van der Waals surface area contributed by atoms with E-state index in [4.69, 9.17) is 25.5 Å². The molecule has 1 aromatic heterocycles. The average molecular weight is 717 g/mol. The molecule has 4 aromatic rings. The first-order valence-corrected chi connectivity index (χ1v) is 15.1. The van der Waals surface area contributed by atoms with Crippen LogP contribution < -0.4 is 14.8 Å². The van der Waals surface area contributed by atoms with E-state index in [-0.39, 0.29) is 31.9 Å². The van der Waals surface area contributed by atoms with E-state index >= 15 is 0 Å². The second-order valence-corrected chi connectivity index (χ2v) is 11.6. The molecule has 3 aromatic carbocycles. The van der Waals surface area contributed by atoms with Gasteiger partial charge in [-0.2, -0.15) is 0 Å². The standard InChI is InChI=1S/C32H30ClIN2O7/c1-41-26-8-4-5-20-16-28(43-30(20)26)32(40)36(18-19-9-11-22(33)12-10-19)24-15-21(31(39)35-13-14-37)17-27(29(24)38)42-25-7-3-2-6-23(25)34/h2-12,16-17,24,27,29,37-38H,13-15,18H2,1H3,(H,35,39)/t24-,27+,29+/m1/s1. The summed E-state index contributed by atoms with van der Waals surface area (Å²) >= 11 is 8.26. The van der Waals surface area contributed by atoms with Gasteiger partial charge in [-0.3, -0.25) is 9.59 Å². The molecule has 1 aliphatic carbocycles. The molecule has 5 rings (SSSR count). The molecule has 9 nitrogen and oxygen atoms in total. The first-order chi connectivity index (χ1) is 20.8. The fourth-order valence-corrected chi connectivity index (χ4v) is 5.68. The van der Waals surface area contributed by atoms with Gasteiger partial charge in [-0.15, -0.1) is 0 Å². The SMILES string of the molecule is COc1cccc2cc(C(=O)N(Cc3ccc(Cl)cc3)[C@@H]3CC(C(=O)NCCO)=C[C@H](Oc4ccccc4I)[C@H]3O)oc12. The minimum atomic E-state index is -1.21. The Bertz CT molecular complexity index is 1640. The van der Waals surface area contributed by atoms with Gasteiger partial charge in [-0.25, -0.2) is 0 Å². The summed E-state index contributed by atoms with van der Waals surface area (Å²) < 4.78 is 18.5. The van der Waals surface area contributed by atoms with Gasteiger partial charge in [-0.05, 0) is 70.6 Å². The van der Waals surface area contributed by atoms with Crippen molar-refractivity contribution in [2.24, 2.45) is 0 Å². The van der Waals surface area contributed by atoms with Crippen molar-refractivity contribution in [1.29, 1.82) is 0 Å². The molecule has 0 aliphatic heterocycles. The molecular formula is C32H30ClIN2O7. The number of halogens is 2. The number of nitrogens with one attached hydrogen (secondary N) is 1.